The second-order valence-corrected chi connectivity index (χ2v) is 8.56. The van der Waals surface area contributed by atoms with Gasteiger partial charge in [0.25, 0.3) is 11.7 Å². The Morgan fingerprint density at radius 1 is 1.19 bits per heavy atom. The molecule has 2 aliphatic rings. The summed E-state index contributed by atoms with van der Waals surface area (Å²) in [6.45, 7) is 3.00. The fourth-order valence-corrected chi connectivity index (χ4v) is 5.06. The zero-order valence-electron chi connectivity index (χ0n) is 17.3. The number of ether oxygens (including phenoxy) is 2. The van der Waals surface area contributed by atoms with Crippen molar-refractivity contribution < 1.29 is 24.2 Å². The maximum atomic E-state index is 13.2. The average Bonchev–Trinajstić information content (AvgIpc) is 3.34. The van der Waals surface area contributed by atoms with Crippen molar-refractivity contribution in [2.75, 3.05) is 13.2 Å². The molecule has 0 aliphatic carbocycles. The summed E-state index contributed by atoms with van der Waals surface area (Å²) in [6, 6.07) is 9.88. The lowest BCUT2D eigenvalue weighted by atomic mass is 9.98. The number of ketones is 1. The summed E-state index contributed by atoms with van der Waals surface area (Å²) in [5, 5.41) is 13.1. The van der Waals surface area contributed by atoms with E-state index in [0.29, 0.717) is 30.3 Å². The molecule has 1 atom stereocenters. The molecule has 4 heterocycles. The first-order valence-electron chi connectivity index (χ1n) is 10.2. The molecule has 1 aromatic carbocycles. The molecule has 0 saturated carbocycles. The number of pyridine rings is 1. The summed E-state index contributed by atoms with van der Waals surface area (Å²) in [6.07, 6.45) is 3.32. The van der Waals surface area contributed by atoms with Crippen LogP contribution in [0.15, 0.2) is 59.7 Å². The van der Waals surface area contributed by atoms with Gasteiger partial charge in [0, 0.05) is 29.4 Å². The number of aryl methyl sites for hydroxylation is 1. The number of amides is 1. The molecule has 1 amide bonds. The number of aliphatic hydroxyl groups is 1. The SMILES string of the molecule is Cc1ccsc1C1/C(=C(/O)c2ccc3c(c2)OCCO3)C(=O)C(=O)N1Cc1cccnc1. The lowest BCUT2D eigenvalue weighted by Crippen LogP contribution is -2.29. The van der Waals surface area contributed by atoms with E-state index in [4.69, 9.17) is 9.47 Å². The van der Waals surface area contributed by atoms with Crippen LogP contribution in [-0.2, 0) is 16.1 Å². The molecule has 2 aromatic heterocycles. The quantitative estimate of drug-likeness (QED) is 0.371. The van der Waals surface area contributed by atoms with Crippen LogP contribution in [0.25, 0.3) is 5.76 Å². The van der Waals surface area contributed by atoms with Crippen molar-refractivity contribution in [2.24, 2.45) is 0 Å². The van der Waals surface area contributed by atoms with E-state index < -0.39 is 17.7 Å². The normalized spacial score (nSPS) is 19.4. The number of Topliss-reactive ketones (excluding diaryl/α,β-unsaturated/α-hetero) is 1. The monoisotopic (exact) mass is 448 g/mol. The number of likely N-dealkylation sites (tertiary alicyclic amines) is 1. The standard InChI is InChI=1S/C24H20N2O5S/c1-14-6-10-32-23(14)20-19(21(27)16-4-5-17-18(11-16)31-9-8-30-17)22(28)24(29)26(20)13-15-3-2-7-25-12-15/h2-7,10-12,20,27H,8-9,13H2,1H3/b21-19-. The van der Waals surface area contributed by atoms with Gasteiger partial charge in [0.1, 0.15) is 25.0 Å². The number of hydrogen-bond donors (Lipinski definition) is 1. The van der Waals surface area contributed by atoms with Gasteiger partial charge in [0.15, 0.2) is 11.5 Å². The van der Waals surface area contributed by atoms with E-state index in [0.717, 1.165) is 16.0 Å². The van der Waals surface area contributed by atoms with Gasteiger partial charge in [-0.25, -0.2) is 0 Å². The van der Waals surface area contributed by atoms with Gasteiger partial charge in [-0.15, -0.1) is 11.3 Å². The van der Waals surface area contributed by atoms with E-state index >= 15 is 0 Å². The molecular weight excluding hydrogens is 428 g/mol. The highest BCUT2D eigenvalue weighted by Gasteiger charge is 2.47. The van der Waals surface area contributed by atoms with Crippen molar-refractivity contribution in [2.45, 2.75) is 19.5 Å². The largest absolute Gasteiger partial charge is 0.507 e. The summed E-state index contributed by atoms with van der Waals surface area (Å²) < 4.78 is 11.2. The highest BCUT2D eigenvalue weighted by molar-refractivity contribution is 7.10. The number of benzene rings is 1. The number of rotatable bonds is 4. The first-order chi connectivity index (χ1) is 15.5. The van der Waals surface area contributed by atoms with Gasteiger partial charge < -0.3 is 19.5 Å². The third-order valence-corrected chi connectivity index (χ3v) is 6.65. The van der Waals surface area contributed by atoms with Crippen LogP contribution < -0.4 is 9.47 Å². The van der Waals surface area contributed by atoms with E-state index in [-0.39, 0.29) is 17.9 Å². The zero-order valence-corrected chi connectivity index (χ0v) is 18.1. The van der Waals surface area contributed by atoms with E-state index in [2.05, 4.69) is 4.98 Å². The number of aromatic nitrogens is 1. The number of nitrogens with zero attached hydrogens (tertiary/aromatic N) is 2. The maximum Gasteiger partial charge on any atom is 0.295 e. The number of hydrogen-bond acceptors (Lipinski definition) is 7. The van der Waals surface area contributed by atoms with Gasteiger partial charge in [0.2, 0.25) is 0 Å². The van der Waals surface area contributed by atoms with Gasteiger partial charge in [-0.1, -0.05) is 6.07 Å². The Morgan fingerprint density at radius 3 is 2.72 bits per heavy atom. The third-order valence-electron chi connectivity index (χ3n) is 5.58. The number of carbonyl (C=O) groups excluding carboxylic acids is 2. The molecule has 162 valence electrons. The molecule has 0 bridgehead atoms. The number of aliphatic hydroxyl groups excluding tert-OH is 1. The molecular formula is C24H20N2O5S. The van der Waals surface area contributed by atoms with Crippen LogP contribution in [0.3, 0.4) is 0 Å². The molecule has 1 unspecified atom stereocenters. The minimum Gasteiger partial charge on any atom is -0.507 e. The highest BCUT2D eigenvalue weighted by Crippen LogP contribution is 2.44. The van der Waals surface area contributed by atoms with E-state index in [9.17, 15) is 14.7 Å². The van der Waals surface area contributed by atoms with Gasteiger partial charge in [-0.05, 0) is 53.8 Å². The van der Waals surface area contributed by atoms with Crippen LogP contribution in [0.5, 0.6) is 11.5 Å². The number of fused-ring (bicyclic) bond motifs is 1. The molecule has 7 nitrogen and oxygen atoms in total. The van der Waals surface area contributed by atoms with Crippen LogP contribution in [0.4, 0.5) is 0 Å². The molecule has 2 aliphatic heterocycles. The van der Waals surface area contributed by atoms with Crippen LogP contribution in [0.1, 0.15) is 27.6 Å². The molecule has 1 fully saturated rings. The molecule has 3 aromatic rings. The van der Waals surface area contributed by atoms with Crippen molar-refractivity contribution >= 4 is 28.8 Å². The van der Waals surface area contributed by atoms with Crippen molar-refractivity contribution in [1.29, 1.82) is 0 Å². The third kappa shape index (κ3) is 3.42. The molecule has 5 rings (SSSR count). The van der Waals surface area contributed by atoms with Crippen LogP contribution in [0, 0.1) is 6.92 Å². The summed E-state index contributed by atoms with van der Waals surface area (Å²) >= 11 is 1.45. The predicted molar refractivity (Wildman–Crippen MR) is 119 cm³/mol. The lowest BCUT2D eigenvalue weighted by Gasteiger charge is -2.25. The van der Waals surface area contributed by atoms with Crippen molar-refractivity contribution in [3.05, 3.63) is 81.3 Å². The summed E-state index contributed by atoms with van der Waals surface area (Å²) in [5.41, 5.74) is 2.22. The number of thiophene rings is 1. The Morgan fingerprint density at radius 2 is 2.00 bits per heavy atom. The van der Waals surface area contributed by atoms with Gasteiger partial charge in [-0.3, -0.25) is 14.6 Å². The highest BCUT2D eigenvalue weighted by atomic mass is 32.1. The minimum absolute atomic E-state index is 0.0705. The predicted octanol–water partition coefficient (Wildman–Crippen LogP) is 3.84. The Balaban J connectivity index is 1.63. The molecule has 0 spiro atoms. The fourth-order valence-electron chi connectivity index (χ4n) is 4.01. The molecule has 0 radical (unpaired) electrons. The molecule has 32 heavy (non-hydrogen) atoms. The van der Waals surface area contributed by atoms with Crippen LogP contribution in [0.2, 0.25) is 0 Å². The Kier molecular flexibility index (Phi) is 5.14. The van der Waals surface area contributed by atoms with Gasteiger partial charge >= 0.3 is 0 Å². The summed E-state index contributed by atoms with van der Waals surface area (Å²) in [4.78, 5) is 32.7. The average molecular weight is 449 g/mol. The van der Waals surface area contributed by atoms with Crippen LogP contribution in [-0.4, -0.2) is 39.9 Å². The Hall–Kier alpha value is -3.65. The molecule has 1 N–H and O–H groups in total. The minimum atomic E-state index is -0.709. The fraction of sp³-hybridized carbons (Fsp3) is 0.208. The smallest absolute Gasteiger partial charge is 0.295 e. The second kappa shape index (κ2) is 8.12. The summed E-state index contributed by atoms with van der Waals surface area (Å²) in [5.74, 6) is -0.513. The second-order valence-electron chi connectivity index (χ2n) is 7.61. The summed E-state index contributed by atoms with van der Waals surface area (Å²) in [7, 11) is 0. The van der Waals surface area contributed by atoms with Gasteiger partial charge in [-0.2, -0.15) is 0 Å². The first kappa shape index (κ1) is 20.3. The topological polar surface area (TPSA) is 89.0 Å². The molecule has 1 saturated heterocycles. The lowest BCUT2D eigenvalue weighted by molar-refractivity contribution is -0.140. The van der Waals surface area contributed by atoms with E-state index in [1.54, 1.807) is 36.7 Å². The number of carbonyl (C=O) groups is 2. The van der Waals surface area contributed by atoms with Crippen molar-refractivity contribution in [1.82, 2.24) is 9.88 Å². The van der Waals surface area contributed by atoms with E-state index in [1.807, 2.05) is 24.4 Å². The van der Waals surface area contributed by atoms with Gasteiger partial charge in [0.05, 0.1) is 5.57 Å². The van der Waals surface area contributed by atoms with Crippen LogP contribution >= 0.6 is 11.3 Å². The van der Waals surface area contributed by atoms with Crippen molar-refractivity contribution in [3.8, 4) is 11.5 Å². The maximum absolute atomic E-state index is 13.2. The Bertz CT molecular complexity index is 1230. The van der Waals surface area contributed by atoms with E-state index in [1.165, 1.54) is 16.2 Å². The van der Waals surface area contributed by atoms with Crippen molar-refractivity contribution in [3.63, 3.8) is 0 Å². The zero-order chi connectivity index (χ0) is 22.2. The molecule has 8 heteroatoms. The first-order valence-corrected chi connectivity index (χ1v) is 11.0. The Labute approximate surface area is 188 Å².